The monoisotopic (exact) mass is 476 g/mol. The van der Waals surface area contributed by atoms with Gasteiger partial charge < -0.3 is 9.72 Å². The number of aromatic amines is 1. The van der Waals surface area contributed by atoms with Crippen LogP contribution < -0.4 is 10.3 Å². The number of hydrogen-bond acceptors (Lipinski definition) is 6. The highest BCUT2D eigenvalue weighted by Crippen LogP contribution is 2.46. The molecule has 1 aliphatic heterocycles. The molecular formula is C27H36N6O2. The van der Waals surface area contributed by atoms with Gasteiger partial charge in [-0.1, -0.05) is 32.1 Å². The number of nitrogens with zero attached hydrogens (tertiary/aromatic N) is 5. The van der Waals surface area contributed by atoms with Gasteiger partial charge in [-0.2, -0.15) is 0 Å². The highest BCUT2D eigenvalue weighted by molar-refractivity contribution is 5.80. The Morgan fingerprint density at radius 2 is 1.86 bits per heavy atom. The second-order valence-electron chi connectivity index (χ2n) is 11.0. The normalized spacial score (nSPS) is 22.1. The van der Waals surface area contributed by atoms with E-state index in [1.165, 1.54) is 51.4 Å². The lowest BCUT2D eigenvalue weighted by Crippen LogP contribution is -2.47. The Morgan fingerprint density at radius 3 is 2.66 bits per heavy atom. The molecule has 3 fully saturated rings. The molecule has 35 heavy (non-hydrogen) atoms. The highest BCUT2D eigenvalue weighted by atomic mass is 16.5. The number of likely N-dealkylation sites (tertiary alicyclic amines) is 1. The summed E-state index contributed by atoms with van der Waals surface area (Å²) in [6, 6.07) is 7.97. The van der Waals surface area contributed by atoms with E-state index in [1.807, 2.05) is 28.9 Å². The van der Waals surface area contributed by atoms with Gasteiger partial charge in [0.2, 0.25) is 0 Å². The smallest absolute Gasteiger partial charge is 0.253 e. The Balaban J connectivity index is 1.46. The maximum Gasteiger partial charge on any atom is 0.253 e. The number of H-pyrrole nitrogens is 1. The summed E-state index contributed by atoms with van der Waals surface area (Å²) in [5.74, 6) is 1.56. The zero-order valence-electron chi connectivity index (χ0n) is 20.7. The minimum Gasteiger partial charge on any atom is -0.497 e. The van der Waals surface area contributed by atoms with E-state index < -0.39 is 0 Å². The number of methoxy groups -OCH3 is 1. The standard InChI is InChI=1S/C27H36N6O2/c1-35-21-11-10-19-16-22(26(34)28-23(19)17-21)24(25-29-30-31-33(25)20-8-3-4-9-20)32-15-7-14-27(18-32)12-5-2-6-13-27/h10-11,16-17,20,24H,2-9,12-15,18H2,1H3,(H,28,34)/t24-/m1/s1. The van der Waals surface area contributed by atoms with Crippen LogP contribution in [0.1, 0.15) is 94.1 Å². The minimum absolute atomic E-state index is 0.0695. The molecule has 0 unspecified atom stereocenters. The van der Waals surface area contributed by atoms with Crippen molar-refractivity contribution in [2.24, 2.45) is 5.41 Å². The van der Waals surface area contributed by atoms with Gasteiger partial charge in [-0.15, -0.1) is 5.10 Å². The van der Waals surface area contributed by atoms with Crippen LogP contribution in [0.2, 0.25) is 0 Å². The average Bonchev–Trinajstić information content (AvgIpc) is 3.57. The van der Waals surface area contributed by atoms with Gasteiger partial charge in [-0.05, 0) is 84.5 Å². The first-order valence-electron chi connectivity index (χ1n) is 13.4. The number of fused-ring (bicyclic) bond motifs is 1. The summed E-state index contributed by atoms with van der Waals surface area (Å²) >= 11 is 0. The summed E-state index contributed by atoms with van der Waals surface area (Å²) in [5, 5.41) is 14.2. The zero-order chi connectivity index (χ0) is 23.8. The predicted octanol–water partition coefficient (Wildman–Crippen LogP) is 4.77. The van der Waals surface area contributed by atoms with E-state index in [0.29, 0.717) is 11.5 Å². The molecule has 3 heterocycles. The van der Waals surface area contributed by atoms with Crippen molar-refractivity contribution < 1.29 is 4.74 Å². The maximum atomic E-state index is 13.6. The summed E-state index contributed by atoms with van der Waals surface area (Å²) in [5.41, 5.74) is 1.82. The topological polar surface area (TPSA) is 88.9 Å². The summed E-state index contributed by atoms with van der Waals surface area (Å²) in [7, 11) is 1.64. The lowest BCUT2D eigenvalue weighted by Gasteiger charge is -2.47. The third-order valence-electron chi connectivity index (χ3n) is 8.78. The molecule has 8 heteroatoms. The van der Waals surface area contributed by atoms with Gasteiger partial charge in [0, 0.05) is 18.2 Å². The molecule has 3 aliphatic rings. The molecule has 2 aliphatic carbocycles. The van der Waals surface area contributed by atoms with Crippen molar-refractivity contribution in [3.63, 3.8) is 0 Å². The number of ether oxygens (including phenoxy) is 1. The van der Waals surface area contributed by atoms with Gasteiger partial charge in [0.1, 0.15) is 11.8 Å². The lowest BCUT2D eigenvalue weighted by molar-refractivity contribution is 0.0335. The molecule has 0 radical (unpaired) electrons. The van der Waals surface area contributed by atoms with Crippen molar-refractivity contribution in [3.05, 3.63) is 46.0 Å². The fraction of sp³-hybridized carbons (Fsp3) is 0.630. The Bertz CT molecular complexity index is 1230. The van der Waals surface area contributed by atoms with E-state index in [4.69, 9.17) is 4.74 Å². The highest BCUT2D eigenvalue weighted by Gasteiger charge is 2.41. The van der Waals surface area contributed by atoms with Crippen LogP contribution in [0.15, 0.2) is 29.1 Å². The molecule has 1 aromatic carbocycles. The molecule has 2 saturated carbocycles. The third kappa shape index (κ3) is 4.26. The first-order chi connectivity index (χ1) is 17.2. The molecule has 1 atom stereocenters. The van der Waals surface area contributed by atoms with E-state index in [0.717, 1.165) is 60.4 Å². The number of nitrogens with one attached hydrogen (secondary N) is 1. The number of piperidine rings is 1. The van der Waals surface area contributed by atoms with Gasteiger partial charge in [-0.25, -0.2) is 4.68 Å². The zero-order valence-corrected chi connectivity index (χ0v) is 20.7. The van der Waals surface area contributed by atoms with E-state index in [2.05, 4.69) is 25.4 Å². The van der Waals surface area contributed by atoms with Crippen molar-refractivity contribution in [2.75, 3.05) is 20.2 Å². The fourth-order valence-corrected chi connectivity index (χ4v) is 6.99. The number of benzene rings is 1. The van der Waals surface area contributed by atoms with Gasteiger partial charge in [0.05, 0.1) is 18.7 Å². The van der Waals surface area contributed by atoms with E-state index in [-0.39, 0.29) is 11.6 Å². The molecular weight excluding hydrogens is 440 g/mol. The van der Waals surface area contributed by atoms with Crippen LogP contribution in [0.4, 0.5) is 0 Å². The van der Waals surface area contributed by atoms with E-state index in [1.54, 1.807) is 7.11 Å². The second-order valence-corrected chi connectivity index (χ2v) is 11.0. The van der Waals surface area contributed by atoms with Crippen LogP contribution in [0.5, 0.6) is 5.75 Å². The van der Waals surface area contributed by atoms with Crippen molar-refractivity contribution in [1.82, 2.24) is 30.1 Å². The van der Waals surface area contributed by atoms with Crippen molar-refractivity contribution in [1.29, 1.82) is 0 Å². The van der Waals surface area contributed by atoms with Crippen LogP contribution in [0.3, 0.4) is 0 Å². The molecule has 2 aromatic heterocycles. The van der Waals surface area contributed by atoms with Crippen molar-refractivity contribution >= 4 is 10.9 Å². The summed E-state index contributed by atoms with van der Waals surface area (Å²) < 4.78 is 7.41. The molecule has 8 nitrogen and oxygen atoms in total. The van der Waals surface area contributed by atoms with E-state index >= 15 is 0 Å². The Morgan fingerprint density at radius 1 is 1.06 bits per heavy atom. The number of aromatic nitrogens is 5. The third-order valence-corrected chi connectivity index (χ3v) is 8.78. The molecule has 0 bridgehead atoms. The minimum atomic E-state index is -0.250. The lowest BCUT2D eigenvalue weighted by atomic mass is 9.69. The molecule has 1 saturated heterocycles. The van der Waals surface area contributed by atoms with Gasteiger partial charge in [-0.3, -0.25) is 9.69 Å². The predicted molar refractivity (Wildman–Crippen MR) is 135 cm³/mol. The van der Waals surface area contributed by atoms with Crippen LogP contribution in [0, 0.1) is 5.41 Å². The van der Waals surface area contributed by atoms with Crippen LogP contribution in [-0.2, 0) is 0 Å². The van der Waals surface area contributed by atoms with Crippen LogP contribution >= 0.6 is 0 Å². The van der Waals surface area contributed by atoms with Crippen LogP contribution in [0.25, 0.3) is 10.9 Å². The largest absolute Gasteiger partial charge is 0.497 e. The van der Waals surface area contributed by atoms with Gasteiger partial charge in [0.15, 0.2) is 5.82 Å². The Hall–Kier alpha value is -2.74. The Labute approximate surface area is 206 Å². The molecule has 1 spiro atoms. The first kappa shape index (κ1) is 22.7. The molecule has 0 amide bonds. The van der Waals surface area contributed by atoms with Gasteiger partial charge in [0.25, 0.3) is 5.56 Å². The quantitative estimate of drug-likeness (QED) is 0.570. The van der Waals surface area contributed by atoms with Crippen LogP contribution in [-0.4, -0.2) is 50.3 Å². The second kappa shape index (κ2) is 9.37. The number of rotatable bonds is 5. The van der Waals surface area contributed by atoms with Crippen molar-refractivity contribution in [2.45, 2.75) is 82.7 Å². The average molecular weight is 477 g/mol. The summed E-state index contributed by atoms with van der Waals surface area (Å²) in [6.07, 6.45) is 13.6. The molecule has 3 aromatic rings. The fourth-order valence-electron chi connectivity index (χ4n) is 6.99. The van der Waals surface area contributed by atoms with Crippen molar-refractivity contribution in [3.8, 4) is 5.75 Å². The number of pyridine rings is 1. The summed E-state index contributed by atoms with van der Waals surface area (Å²) in [4.78, 5) is 19.3. The SMILES string of the molecule is COc1ccc2cc([C@H](c3nnnn3C3CCCC3)N3CCCC4(CCCCC4)C3)c(=O)[nH]c2c1. The number of tetrazole rings is 1. The number of hydrogen-bond donors (Lipinski definition) is 1. The Kier molecular flexibility index (Phi) is 6.08. The molecule has 186 valence electrons. The molecule has 6 rings (SSSR count). The summed E-state index contributed by atoms with van der Waals surface area (Å²) in [6.45, 7) is 1.97. The van der Waals surface area contributed by atoms with Gasteiger partial charge >= 0.3 is 0 Å². The van der Waals surface area contributed by atoms with E-state index in [9.17, 15) is 4.79 Å². The maximum absolute atomic E-state index is 13.6. The first-order valence-corrected chi connectivity index (χ1v) is 13.4. The molecule has 1 N–H and O–H groups in total.